The number of fused-ring (bicyclic) bond motifs is 1. The monoisotopic (exact) mass is 488 g/mol. The van der Waals surface area contributed by atoms with Crippen molar-refractivity contribution in [2.45, 2.75) is 45.7 Å². The zero-order valence-electron chi connectivity index (χ0n) is 16.5. The van der Waals surface area contributed by atoms with Crippen LogP contribution in [-0.2, 0) is 6.54 Å². The van der Waals surface area contributed by atoms with Crippen molar-refractivity contribution in [3.05, 3.63) is 23.8 Å². The van der Waals surface area contributed by atoms with E-state index in [1.807, 2.05) is 12.1 Å². The summed E-state index contributed by atoms with van der Waals surface area (Å²) in [5, 5.41) is 6.86. The van der Waals surface area contributed by atoms with Crippen LogP contribution in [0.25, 0.3) is 0 Å². The van der Waals surface area contributed by atoms with E-state index in [9.17, 15) is 0 Å². The first-order valence-electron chi connectivity index (χ1n) is 9.95. The lowest BCUT2D eigenvalue weighted by Crippen LogP contribution is -2.44. The molecule has 0 aromatic heterocycles. The van der Waals surface area contributed by atoms with Gasteiger partial charge >= 0.3 is 0 Å². The van der Waals surface area contributed by atoms with Gasteiger partial charge < -0.3 is 20.1 Å². The number of nitrogens with zero attached hydrogens (tertiary/aromatic N) is 2. The highest BCUT2D eigenvalue weighted by Crippen LogP contribution is 2.30. The largest absolute Gasteiger partial charge is 0.490 e. The Morgan fingerprint density at radius 3 is 2.74 bits per heavy atom. The average molecular weight is 488 g/mol. The van der Waals surface area contributed by atoms with Crippen LogP contribution in [-0.4, -0.2) is 56.3 Å². The fraction of sp³-hybridized carbons (Fsp3) is 0.650. The number of rotatable bonds is 6. The summed E-state index contributed by atoms with van der Waals surface area (Å²) < 4.78 is 11.5. The van der Waals surface area contributed by atoms with E-state index >= 15 is 0 Å². The number of benzene rings is 1. The molecule has 1 aromatic carbocycles. The lowest BCUT2D eigenvalue weighted by molar-refractivity contribution is 0.267. The molecule has 7 heteroatoms. The third-order valence-corrected chi connectivity index (χ3v) is 4.99. The number of halogens is 1. The van der Waals surface area contributed by atoms with Gasteiger partial charge in [-0.1, -0.05) is 13.0 Å². The van der Waals surface area contributed by atoms with Crippen LogP contribution in [0.2, 0.25) is 0 Å². The molecule has 1 aromatic rings. The molecule has 2 aliphatic rings. The van der Waals surface area contributed by atoms with Gasteiger partial charge in [-0.15, -0.1) is 24.0 Å². The molecule has 1 saturated heterocycles. The van der Waals surface area contributed by atoms with E-state index in [4.69, 9.17) is 14.5 Å². The number of nitrogens with one attached hydrogen (secondary N) is 2. The maximum Gasteiger partial charge on any atom is 0.191 e. The Balaban J connectivity index is 0.00000261. The van der Waals surface area contributed by atoms with E-state index in [-0.39, 0.29) is 24.0 Å². The second kappa shape index (κ2) is 11.6. The van der Waals surface area contributed by atoms with Crippen molar-refractivity contribution in [1.82, 2.24) is 15.5 Å². The van der Waals surface area contributed by atoms with E-state index in [2.05, 4.69) is 35.4 Å². The van der Waals surface area contributed by atoms with Crippen molar-refractivity contribution in [3.8, 4) is 11.5 Å². The van der Waals surface area contributed by atoms with Crippen LogP contribution in [0.5, 0.6) is 11.5 Å². The molecule has 1 atom stereocenters. The number of hydrogen-bond donors (Lipinski definition) is 2. The van der Waals surface area contributed by atoms with E-state index in [1.165, 1.54) is 19.4 Å². The highest BCUT2D eigenvalue weighted by atomic mass is 127. The summed E-state index contributed by atoms with van der Waals surface area (Å²) in [6.07, 6.45) is 3.49. The molecule has 1 unspecified atom stereocenters. The number of ether oxygens (including phenoxy) is 2. The molecular formula is C20H33IN4O2. The Morgan fingerprint density at radius 1 is 1.15 bits per heavy atom. The van der Waals surface area contributed by atoms with E-state index in [0.29, 0.717) is 19.2 Å². The molecule has 27 heavy (non-hydrogen) atoms. The molecule has 0 bridgehead atoms. The Morgan fingerprint density at radius 2 is 1.96 bits per heavy atom. The highest BCUT2D eigenvalue weighted by Gasteiger charge is 2.22. The predicted molar refractivity (Wildman–Crippen MR) is 121 cm³/mol. The molecule has 3 rings (SSSR count). The van der Waals surface area contributed by atoms with Crippen molar-refractivity contribution >= 4 is 29.9 Å². The minimum absolute atomic E-state index is 0. The molecule has 2 heterocycles. The number of guanidine groups is 1. The number of hydrogen-bond acceptors (Lipinski definition) is 4. The summed E-state index contributed by atoms with van der Waals surface area (Å²) in [7, 11) is 0. The van der Waals surface area contributed by atoms with Crippen LogP contribution in [0.15, 0.2) is 23.2 Å². The zero-order chi connectivity index (χ0) is 18.2. The van der Waals surface area contributed by atoms with Gasteiger partial charge in [-0.05, 0) is 50.6 Å². The summed E-state index contributed by atoms with van der Waals surface area (Å²) >= 11 is 0. The van der Waals surface area contributed by atoms with Gasteiger partial charge in [0.25, 0.3) is 0 Å². The third-order valence-electron chi connectivity index (χ3n) is 4.99. The SMILES string of the molecule is CCNC(=NCc1ccc2c(c1)OCCCO2)NCC1CCCN1CC.I. The van der Waals surface area contributed by atoms with Gasteiger partial charge in [0, 0.05) is 25.6 Å². The van der Waals surface area contributed by atoms with Gasteiger partial charge in [0.05, 0.1) is 19.8 Å². The Kier molecular flexibility index (Phi) is 9.47. The normalized spacial score (nSPS) is 19.9. The van der Waals surface area contributed by atoms with Gasteiger partial charge in [0.2, 0.25) is 0 Å². The molecular weight excluding hydrogens is 455 g/mol. The fourth-order valence-corrected chi connectivity index (χ4v) is 3.58. The maximum atomic E-state index is 5.77. The molecule has 0 amide bonds. The second-order valence-corrected chi connectivity index (χ2v) is 6.83. The lowest BCUT2D eigenvalue weighted by Gasteiger charge is -2.24. The summed E-state index contributed by atoms with van der Waals surface area (Å²) in [5.74, 6) is 2.54. The summed E-state index contributed by atoms with van der Waals surface area (Å²) in [4.78, 5) is 7.29. The quantitative estimate of drug-likeness (QED) is 0.367. The predicted octanol–water partition coefficient (Wildman–Crippen LogP) is 3.01. The minimum Gasteiger partial charge on any atom is -0.490 e. The first-order valence-corrected chi connectivity index (χ1v) is 9.95. The Labute approximate surface area is 180 Å². The molecule has 2 N–H and O–H groups in total. The summed E-state index contributed by atoms with van der Waals surface area (Å²) in [5.41, 5.74) is 1.13. The molecule has 6 nitrogen and oxygen atoms in total. The standard InChI is InChI=1S/C20H32N4O2.HI/c1-3-21-20(23-15-17-7-5-10-24(17)4-2)22-14-16-8-9-18-19(13-16)26-12-6-11-25-18;/h8-9,13,17H,3-7,10-12,14-15H2,1-2H3,(H2,21,22,23);1H. The summed E-state index contributed by atoms with van der Waals surface area (Å²) in [6, 6.07) is 6.71. The van der Waals surface area contributed by atoms with Crippen LogP contribution < -0.4 is 20.1 Å². The molecule has 1 fully saturated rings. The number of likely N-dealkylation sites (N-methyl/N-ethyl adjacent to an activating group) is 1. The topological polar surface area (TPSA) is 58.1 Å². The molecule has 2 aliphatic heterocycles. The molecule has 0 spiro atoms. The molecule has 0 aliphatic carbocycles. The van der Waals surface area contributed by atoms with E-state index in [1.54, 1.807) is 0 Å². The Hall–Kier alpha value is -1.22. The maximum absolute atomic E-state index is 5.77. The van der Waals surface area contributed by atoms with Gasteiger partial charge in [0.1, 0.15) is 0 Å². The molecule has 0 radical (unpaired) electrons. The van der Waals surface area contributed by atoms with Gasteiger partial charge in [-0.25, -0.2) is 4.99 Å². The Bertz CT molecular complexity index is 612. The van der Waals surface area contributed by atoms with Crippen LogP contribution in [0, 0.1) is 0 Å². The van der Waals surface area contributed by atoms with Gasteiger partial charge in [-0.2, -0.15) is 0 Å². The van der Waals surface area contributed by atoms with Crippen LogP contribution in [0.1, 0.15) is 38.7 Å². The lowest BCUT2D eigenvalue weighted by atomic mass is 10.2. The minimum atomic E-state index is 0. The van der Waals surface area contributed by atoms with Gasteiger partial charge in [-0.3, -0.25) is 4.90 Å². The number of likely N-dealkylation sites (tertiary alicyclic amines) is 1. The van der Waals surface area contributed by atoms with Gasteiger partial charge in [0.15, 0.2) is 17.5 Å². The zero-order valence-corrected chi connectivity index (χ0v) is 18.8. The molecule has 152 valence electrons. The number of aliphatic imine (C=N–C) groups is 1. The van der Waals surface area contributed by atoms with Crippen molar-refractivity contribution < 1.29 is 9.47 Å². The molecule has 0 saturated carbocycles. The fourth-order valence-electron chi connectivity index (χ4n) is 3.58. The van der Waals surface area contributed by atoms with E-state index in [0.717, 1.165) is 55.7 Å². The second-order valence-electron chi connectivity index (χ2n) is 6.83. The highest BCUT2D eigenvalue weighted by molar-refractivity contribution is 14.0. The van der Waals surface area contributed by atoms with Crippen LogP contribution >= 0.6 is 24.0 Å². The third kappa shape index (κ3) is 6.41. The first-order chi connectivity index (χ1) is 12.8. The van der Waals surface area contributed by atoms with Crippen molar-refractivity contribution in [1.29, 1.82) is 0 Å². The van der Waals surface area contributed by atoms with Crippen molar-refractivity contribution in [2.75, 3.05) is 39.4 Å². The van der Waals surface area contributed by atoms with E-state index < -0.39 is 0 Å². The summed E-state index contributed by atoms with van der Waals surface area (Å²) in [6.45, 7) is 10.5. The van der Waals surface area contributed by atoms with Crippen molar-refractivity contribution in [3.63, 3.8) is 0 Å². The smallest absolute Gasteiger partial charge is 0.191 e. The van der Waals surface area contributed by atoms with Crippen LogP contribution in [0.3, 0.4) is 0 Å². The first kappa shape index (κ1) is 22.1. The average Bonchev–Trinajstić information content (AvgIpc) is 2.99. The van der Waals surface area contributed by atoms with Crippen LogP contribution in [0.4, 0.5) is 0 Å². The van der Waals surface area contributed by atoms with Crippen molar-refractivity contribution in [2.24, 2.45) is 4.99 Å².